The van der Waals surface area contributed by atoms with Crippen molar-refractivity contribution in [3.63, 3.8) is 0 Å². The van der Waals surface area contributed by atoms with Crippen molar-refractivity contribution in [3.8, 4) is 6.07 Å². The fraction of sp³-hybridized carbons (Fsp3) is 0.0769. The number of aryl methyl sites for hydroxylation is 1. The number of nitrogens with one attached hydrogen (secondary N) is 1. The molecule has 1 heterocycles. The van der Waals surface area contributed by atoms with Gasteiger partial charge in [-0.3, -0.25) is 4.79 Å². The quantitative estimate of drug-likeness (QED) is 0.866. The van der Waals surface area contributed by atoms with Gasteiger partial charge in [-0.1, -0.05) is 12.1 Å². The van der Waals surface area contributed by atoms with Crippen molar-refractivity contribution in [2.75, 3.05) is 5.32 Å². The van der Waals surface area contributed by atoms with Gasteiger partial charge in [0.2, 0.25) is 0 Å². The molecular formula is C13H10N4O. The minimum atomic E-state index is -0.335. The zero-order valence-corrected chi connectivity index (χ0v) is 9.71. The summed E-state index contributed by atoms with van der Waals surface area (Å²) in [7, 11) is 0. The van der Waals surface area contributed by atoms with Crippen molar-refractivity contribution < 1.29 is 4.79 Å². The highest BCUT2D eigenvalue weighted by atomic mass is 16.1. The molecule has 0 aliphatic carbocycles. The van der Waals surface area contributed by atoms with Crippen LogP contribution in [0.5, 0.6) is 0 Å². The van der Waals surface area contributed by atoms with Crippen LogP contribution < -0.4 is 5.32 Å². The molecule has 88 valence electrons. The van der Waals surface area contributed by atoms with E-state index in [2.05, 4.69) is 15.3 Å². The Bertz CT molecular complexity index is 614. The van der Waals surface area contributed by atoms with Gasteiger partial charge in [0, 0.05) is 12.4 Å². The van der Waals surface area contributed by atoms with Gasteiger partial charge in [0.1, 0.15) is 11.9 Å². The van der Waals surface area contributed by atoms with Crippen LogP contribution in [0.15, 0.2) is 36.7 Å². The highest BCUT2D eigenvalue weighted by Gasteiger charge is 2.09. The SMILES string of the molecule is Cc1ncc(C(=O)Nc2ccccc2C#N)cn1. The second-order valence-electron chi connectivity index (χ2n) is 3.63. The molecule has 1 aromatic heterocycles. The van der Waals surface area contributed by atoms with Crippen LogP contribution >= 0.6 is 0 Å². The van der Waals surface area contributed by atoms with E-state index in [1.165, 1.54) is 12.4 Å². The van der Waals surface area contributed by atoms with Gasteiger partial charge in [-0.05, 0) is 19.1 Å². The van der Waals surface area contributed by atoms with Crippen LogP contribution in [0.3, 0.4) is 0 Å². The molecule has 0 bridgehead atoms. The second-order valence-corrected chi connectivity index (χ2v) is 3.63. The molecule has 0 aliphatic heterocycles. The highest BCUT2D eigenvalue weighted by molar-refractivity contribution is 6.04. The molecule has 0 saturated carbocycles. The maximum atomic E-state index is 11.9. The predicted octanol–water partition coefficient (Wildman–Crippen LogP) is 1.91. The predicted molar refractivity (Wildman–Crippen MR) is 65.9 cm³/mol. The molecular weight excluding hydrogens is 228 g/mol. The Morgan fingerprint density at radius 3 is 2.61 bits per heavy atom. The van der Waals surface area contributed by atoms with E-state index in [4.69, 9.17) is 5.26 Å². The standard InChI is InChI=1S/C13H10N4O/c1-9-15-7-11(8-16-9)13(18)17-12-5-3-2-4-10(12)6-14/h2-5,7-8H,1H3,(H,17,18). The first-order valence-corrected chi connectivity index (χ1v) is 5.30. The molecule has 0 unspecified atom stereocenters. The summed E-state index contributed by atoms with van der Waals surface area (Å²) >= 11 is 0. The van der Waals surface area contributed by atoms with Crippen molar-refractivity contribution in [1.29, 1.82) is 5.26 Å². The summed E-state index contributed by atoms with van der Waals surface area (Å²) in [5, 5.41) is 11.6. The number of hydrogen-bond donors (Lipinski definition) is 1. The molecule has 0 aliphatic rings. The maximum absolute atomic E-state index is 11.9. The van der Waals surface area contributed by atoms with E-state index < -0.39 is 0 Å². The lowest BCUT2D eigenvalue weighted by molar-refractivity contribution is 0.102. The van der Waals surface area contributed by atoms with E-state index in [-0.39, 0.29) is 5.91 Å². The molecule has 0 atom stereocenters. The van der Waals surface area contributed by atoms with Crippen molar-refractivity contribution in [3.05, 3.63) is 53.6 Å². The largest absolute Gasteiger partial charge is 0.321 e. The van der Waals surface area contributed by atoms with Gasteiger partial charge in [-0.2, -0.15) is 5.26 Å². The number of amides is 1. The summed E-state index contributed by atoms with van der Waals surface area (Å²) in [5.41, 5.74) is 1.25. The number of rotatable bonds is 2. The van der Waals surface area contributed by atoms with Gasteiger partial charge in [-0.25, -0.2) is 9.97 Å². The van der Waals surface area contributed by atoms with Gasteiger partial charge < -0.3 is 5.32 Å². The molecule has 5 heteroatoms. The van der Waals surface area contributed by atoms with Gasteiger partial charge in [-0.15, -0.1) is 0 Å². The number of hydrogen-bond acceptors (Lipinski definition) is 4. The Hall–Kier alpha value is -2.74. The molecule has 1 N–H and O–H groups in total. The highest BCUT2D eigenvalue weighted by Crippen LogP contribution is 2.14. The van der Waals surface area contributed by atoms with E-state index in [0.29, 0.717) is 22.6 Å². The van der Waals surface area contributed by atoms with Crippen LogP contribution in [0.25, 0.3) is 0 Å². The Kier molecular flexibility index (Phi) is 3.30. The molecule has 1 amide bonds. The molecule has 5 nitrogen and oxygen atoms in total. The first kappa shape index (κ1) is 11.7. The van der Waals surface area contributed by atoms with E-state index in [0.717, 1.165) is 0 Å². The molecule has 0 fully saturated rings. The Balaban J connectivity index is 2.22. The molecule has 1 aromatic carbocycles. The van der Waals surface area contributed by atoms with E-state index in [9.17, 15) is 4.79 Å². The molecule has 0 spiro atoms. The van der Waals surface area contributed by atoms with Gasteiger partial charge >= 0.3 is 0 Å². The number of anilines is 1. The summed E-state index contributed by atoms with van der Waals surface area (Å²) in [4.78, 5) is 19.8. The Morgan fingerprint density at radius 2 is 1.94 bits per heavy atom. The zero-order chi connectivity index (χ0) is 13.0. The van der Waals surface area contributed by atoms with Crippen molar-refractivity contribution in [2.24, 2.45) is 0 Å². The third-order valence-corrected chi connectivity index (χ3v) is 2.34. The average Bonchev–Trinajstić information content (AvgIpc) is 2.40. The third-order valence-electron chi connectivity index (χ3n) is 2.34. The number of para-hydroxylation sites is 1. The Labute approximate surface area is 104 Å². The van der Waals surface area contributed by atoms with Crippen LogP contribution in [0.4, 0.5) is 5.69 Å². The van der Waals surface area contributed by atoms with Gasteiger partial charge in [0.15, 0.2) is 0 Å². The molecule has 2 aromatic rings. The van der Waals surface area contributed by atoms with Crippen molar-refractivity contribution >= 4 is 11.6 Å². The smallest absolute Gasteiger partial charge is 0.258 e. The lowest BCUT2D eigenvalue weighted by Crippen LogP contribution is -2.13. The van der Waals surface area contributed by atoms with Crippen LogP contribution in [0.2, 0.25) is 0 Å². The first-order chi connectivity index (χ1) is 8.70. The number of nitrogens with zero attached hydrogens (tertiary/aromatic N) is 3. The number of carbonyl (C=O) groups is 1. The van der Waals surface area contributed by atoms with Crippen LogP contribution in [-0.4, -0.2) is 15.9 Å². The molecule has 18 heavy (non-hydrogen) atoms. The van der Waals surface area contributed by atoms with Crippen molar-refractivity contribution in [1.82, 2.24) is 9.97 Å². The lowest BCUT2D eigenvalue weighted by atomic mass is 10.2. The number of carbonyl (C=O) groups excluding carboxylic acids is 1. The summed E-state index contributed by atoms with van der Waals surface area (Å²) in [5.74, 6) is 0.265. The minimum Gasteiger partial charge on any atom is -0.321 e. The average molecular weight is 238 g/mol. The number of aromatic nitrogens is 2. The van der Waals surface area contributed by atoms with Gasteiger partial charge in [0.25, 0.3) is 5.91 Å². The van der Waals surface area contributed by atoms with E-state index in [1.54, 1.807) is 31.2 Å². The van der Waals surface area contributed by atoms with Crippen LogP contribution in [0.1, 0.15) is 21.7 Å². The summed E-state index contributed by atoms with van der Waals surface area (Å²) in [6.07, 6.45) is 2.90. The fourth-order valence-corrected chi connectivity index (χ4v) is 1.39. The second kappa shape index (κ2) is 5.06. The summed E-state index contributed by atoms with van der Waals surface area (Å²) in [6, 6.07) is 8.82. The van der Waals surface area contributed by atoms with E-state index >= 15 is 0 Å². The monoisotopic (exact) mass is 238 g/mol. The lowest BCUT2D eigenvalue weighted by Gasteiger charge is -2.06. The fourth-order valence-electron chi connectivity index (χ4n) is 1.39. The van der Waals surface area contributed by atoms with Gasteiger partial charge in [0.05, 0.1) is 16.8 Å². The number of benzene rings is 1. The Morgan fingerprint density at radius 1 is 1.28 bits per heavy atom. The zero-order valence-electron chi connectivity index (χ0n) is 9.71. The van der Waals surface area contributed by atoms with Crippen LogP contribution in [0, 0.1) is 18.3 Å². The maximum Gasteiger partial charge on any atom is 0.258 e. The molecule has 0 radical (unpaired) electrons. The van der Waals surface area contributed by atoms with Crippen LogP contribution in [-0.2, 0) is 0 Å². The first-order valence-electron chi connectivity index (χ1n) is 5.30. The molecule has 0 saturated heterocycles. The third kappa shape index (κ3) is 2.50. The van der Waals surface area contributed by atoms with E-state index in [1.807, 2.05) is 6.07 Å². The summed E-state index contributed by atoms with van der Waals surface area (Å²) in [6.45, 7) is 1.74. The number of nitriles is 1. The molecule has 2 rings (SSSR count). The van der Waals surface area contributed by atoms with Crippen molar-refractivity contribution in [2.45, 2.75) is 6.92 Å². The minimum absolute atomic E-state index is 0.335. The summed E-state index contributed by atoms with van der Waals surface area (Å²) < 4.78 is 0. The topological polar surface area (TPSA) is 78.7 Å². The normalized spacial score (nSPS) is 9.56.